The minimum Gasteiger partial charge on any atom is -0.179 e. The van der Waals surface area contributed by atoms with Crippen molar-refractivity contribution >= 4 is 25.3 Å². The maximum Gasteiger partial charge on any atom is -0.00616 e. The lowest BCUT2D eigenvalue weighted by Gasteiger charge is -2.29. The minimum absolute atomic E-state index is 0.638. The van der Waals surface area contributed by atoms with Gasteiger partial charge in [0, 0.05) is 0 Å². The zero-order valence-corrected chi connectivity index (χ0v) is 17.2. The fourth-order valence-electron chi connectivity index (χ4n) is 4.04. The maximum atomic E-state index is 4.41. The van der Waals surface area contributed by atoms with Crippen molar-refractivity contribution in [2.75, 3.05) is 11.5 Å². The summed E-state index contributed by atoms with van der Waals surface area (Å²) in [5.41, 5.74) is 3.05. The van der Waals surface area contributed by atoms with E-state index >= 15 is 0 Å². The Kier molecular flexibility index (Phi) is 9.71. The molecule has 0 amide bonds. The summed E-state index contributed by atoms with van der Waals surface area (Å²) in [5, 5.41) is 0. The van der Waals surface area contributed by atoms with E-state index in [4.69, 9.17) is 0 Å². The summed E-state index contributed by atoms with van der Waals surface area (Å²) in [4.78, 5) is 0. The van der Waals surface area contributed by atoms with Gasteiger partial charge in [-0.1, -0.05) is 56.9 Å². The predicted molar refractivity (Wildman–Crippen MR) is 115 cm³/mol. The number of benzene rings is 1. The van der Waals surface area contributed by atoms with Crippen LogP contribution in [0.5, 0.6) is 0 Å². The van der Waals surface area contributed by atoms with Gasteiger partial charge in [-0.25, -0.2) is 0 Å². The Morgan fingerprint density at radius 3 is 2.21 bits per heavy atom. The molecule has 2 heteroatoms. The van der Waals surface area contributed by atoms with Crippen LogP contribution >= 0.6 is 25.3 Å². The second-order valence-corrected chi connectivity index (χ2v) is 8.46. The summed E-state index contributed by atoms with van der Waals surface area (Å²) >= 11 is 8.83. The molecule has 1 aromatic carbocycles. The third-order valence-electron chi connectivity index (χ3n) is 5.87. The normalized spacial score (nSPS) is 21.3. The van der Waals surface area contributed by atoms with Gasteiger partial charge in [0.05, 0.1) is 0 Å². The van der Waals surface area contributed by atoms with Crippen LogP contribution in [0.15, 0.2) is 24.3 Å². The summed E-state index contributed by atoms with van der Waals surface area (Å²) in [6.07, 6.45) is 13.7. The first-order valence-corrected chi connectivity index (χ1v) is 11.3. The molecule has 1 aliphatic rings. The average molecular weight is 365 g/mol. The highest BCUT2D eigenvalue weighted by molar-refractivity contribution is 7.81. The van der Waals surface area contributed by atoms with Gasteiger partial charge in [0.15, 0.2) is 0 Å². The first-order valence-electron chi connectivity index (χ1n) is 10.1. The number of aryl methyl sites for hydroxylation is 1. The van der Waals surface area contributed by atoms with Gasteiger partial charge in [0.25, 0.3) is 0 Å². The zero-order chi connectivity index (χ0) is 17.2. The van der Waals surface area contributed by atoms with Gasteiger partial charge in [0.2, 0.25) is 0 Å². The lowest BCUT2D eigenvalue weighted by atomic mass is 9.77. The summed E-state index contributed by atoms with van der Waals surface area (Å²) < 4.78 is 0. The fraction of sp³-hybridized carbons (Fsp3) is 0.727. The van der Waals surface area contributed by atoms with Crippen LogP contribution in [-0.2, 0) is 6.42 Å². The monoisotopic (exact) mass is 364 g/mol. The molecule has 0 atom stereocenters. The van der Waals surface area contributed by atoms with Crippen molar-refractivity contribution in [2.45, 2.75) is 77.0 Å². The van der Waals surface area contributed by atoms with E-state index in [0.29, 0.717) is 5.92 Å². The van der Waals surface area contributed by atoms with E-state index in [9.17, 15) is 0 Å². The van der Waals surface area contributed by atoms with Crippen LogP contribution in [0.4, 0.5) is 0 Å². The molecule has 0 N–H and O–H groups in total. The third kappa shape index (κ3) is 6.67. The van der Waals surface area contributed by atoms with Crippen molar-refractivity contribution in [3.8, 4) is 0 Å². The quantitative estimate of drug-likeness (QED) is 0.326. The summed E-state index contributed by atoms with van der Waals surface area (Å²) in [7, 11) is 0. The maximum absolute atomic E-state index is 4.41. The highest BCUT2D eigenvalue weighted by Gasteiger charge is 2.21. The van der Waals surface area contributed by atoms with E-state index in [-0.39, 0.29) is 0 Å². The van der Waals surface area contributed by atoms with Crippen molar-refractivity contribution in [3.05, 3.63) is 35.4 Å². The molecule has 1 fully saturated rings. The van der Waals surface area contributed by atoms with Crippen LogP contribution in [0.25, 0.3) is 0 Å². The molecule has 1 saturated carbocycles. The molecule has 1 aliphatic carbocycles. The van der Waals surface area contributed by atoms with Crippen molar-refractivity contribution in [1.82, 2.24) is 0 Å². The molecule has 0 heterocycles. The molecule has 24 heavy (non-hydrogen) atoms. The number of rotatable bonds is 10. The smallest absolute Gasteiger partial charge is 0.00616 e. The zero-order valence-electron chi connectivity index (χ0n) is 15.4. The van der Waals surface area contributed by atoms with Crippen LogP contribution in [0.1, 0.15) is 81.8 Å². The molecule has 0 aliphatic heterocycles. The molecule has 2 rings (SSSR count). The van der Waals surface area contributed by atoms with Gasteiger partial charge in [-0.15, -0.1) is 0 Å². The second-order valence-electron chi connectivity index (χ2n) is 7.72. The van der Waals surface area contributed by atoms with Gasteiger partial charge in [-0.2, -0.15) is 25.3 Å². The van der Waals surface area contributed by atoms with E-state index in [1.54, 1.807) is 5.56 Å². The molecule has 1 aromatic rings. The van der Waals surface area contributed by atoms with Crippen molar-refractivity contribution in [3.63, 3.8) is 0 Å². The number of unbranched alkanes of at least 4 members (excludes halogenated alkanes) is 2. The molecule has 0 spiro atoms. The Hall–Kier alpha value is -0.0800. The van der Waals surface area contributed by atoms with Gasteiger partial charge in [-0.05, 0) is 78.9 Å². The van der Waals surface area contributed by atoms with E-state index < -0.39 is 0 Å². The molecule has 0 saturated heterocycles. The van der Waals surface area contributed by atoms with Gasteiger partial charge in [0.1, 0.15) is 0 Å². The van der Waals surface area contributed by atoms with Gasteiger partial charge in [-0.3, -0.25) is 0 Å². The van der Waals surface area contributed by atoms with Crippen LogP contribution in [-0.4, -0.2) is 11.5 Å². The number of hydrogen-bond donors (Lipinski definition) is 2. The van der Waals surface area contributed by atoms with Crippen LogP contribution in [0.2, 0.25) is 0 Å². The Labute approximate surface area is 161 Å². The molecular weight excluding hydrogens is 328 g/mol. The Balaban J connectivity index is 1.75. The SMILES string of the molecule is CCCCCC1CCC(c2ccc(CCC(CS)CS)cc2)CC1. The van der Waals surface area contributed by atoms with Crippen molar-refractivity contribution < 1.29 is 0 Å². The molecule has 0 radical (unpaired) electrons. The van der Waals surface area contributed by atoms with Gasteiger partial charge >= 0.3 is 0 Å². The van der Waals surface area contributed by atoms with E-state index in [1.165, 1.54) is 63.4 Å². The Morgan fingerprint density at radius 1 is 0.958 bits per heavy atom. The highest BCUT2D eigenvalue weighted by atomic mass is 32.1. The summed E-state index contributed by atoms with van der Waals surface area (Å²) in [5.74, 6) is 4.35. The third-order valence-corrected chi connectivity index (χ3v) is 6.90. The lowest BCUT2D eigenvalue weighted by Crippen LogP contribution is -2.13. The number of thiol groups is 2. The summed E-state index contributed by atoms with van der Waals surface area (Å²) in [6, 6.07) is 9.51. The van der Waals surface area contributed by atoms with Crippen LogP contribution < -0.4 is 0 Å². The second kappa shape index (κ2) is 11.5. The van der Waals surface area contributed by atoms with Gasteiger partial charge < -0.3 is 0 Å². The lowest BCUT2D eigenvalue weighted by molar-refractivity contribution is 0.303. The first kappa shape index (κ1) is 20.2. The van der Waals surface area contributed by atoms with Crippen LogP contribution in [0.3, 0.4) is 0 Å². The fourth-order valence-corrected chi connectivity index (χ4v) is 4.86. The Morgan fingerprint density at radius 2 is 1.62 bits per heavy atom. The average Bonchev–Trinajstić information content (AvgIpc) is 2.64. The van der Waals surface area contributed by atoms with Crippen molar-refractivity contribution in [2.24, 2.45) is 11.8 Å². The van der Waals surface area contributed by atoms with Crippen molar-refractivity contribution in [1.29, 1.82) is 0 Å². The first-order chi connectivity index (χ1) is 11.8. The largest absolute Gasteiger partial charge is 0.179 e. The molecule has 0 unspecified atom stereocenters. The molecule has 0 nitrogen and oxygen atoms in total. The van der Waals surface area contributed by atoms with E-state index in [2.05, 4.69) is 56.4 Å². The molecule has 0 bridgehead atoms. The van der Waals surface area contributed by atoms with Crippen LogP contribution in [0, 0.1) is 11.8 Å². The molecular formula is C22H36S2. The minimum atomic E-state index is 0.638. The molecule has 136 valence electrons. The van der Waals surface area contributed by atoms with E-state index in [0.717, 1.165) is 29.8 Å². The highest BCUT2D eigenvalue weighted by Crippen LogP contribution is 2.37. The predicted octanol–water partition coefficient (Wildman–Crippen LogP) is 6.95. The number of hydrogen-bond acceptors (Lipinski definition) is 2. The Bertz CT molecular complexity index is 428. The standard InChI is InChI=1S/C22H36S2/c1-2-3-4-5-18-8-12-21(13-9-18)22-14-10-19(11-15-22)6-7-20(16-23)17-24/h10-11,14-15,18,20-21,23-24H,2-9,12-13,16-17H2,1H3. The summed E-state index contributed by atoms with van der Waals surface area (Å²) in [6.45, 7) is 2.30. The molecule has 0 aromatic heterocycles. The topological polar surface area (TPSA) is 0 Å². The van der Waals surface area contributed by atoms with E-state index in [1.807, 2.05) is 0 Å².